The van der Waals surface area contributed by atoms with Crippen LogP contribution in [0.15, 0.2) is 35.2 Å². The first kappa shape index (κ1) is 19.8. The fourth-order valence-corrected chi connectivity index (χ4v) is 2.84. The average molecular weight is 402 g/mol. The van der Waals surface area contributed by atoms with Crippen molar-refractivity contribution in [3.63, 3.8) is 0 Å². The Bertz CT molecular complexity index is 919. The third-order valence-corrected chi connectivity index (χ3v) is 4.59. The number of anilines is 1. The molecule has 0 atom stereocenters. The molecular weight excluding hydrogens is 386 g/mol. The van der Waals surface area contributed by atoms with Crippen LogP contribution in [0.25, 0.3) is 0 Å². The number of hydrogen-bond acceptors (Lipinski definition) is 6. The molecule has 0 aliphatic carbocycles. The molecule has 8 nitrogen and oxygen atoms in total. The number of halogens is 1. The Morgan fingerprint density at radius 3 is 2.08 bits per heavy atom. The average Bonchev–Trinajstić information content (AvgIpc) is 2.61. The van der Waals surface area contributed by atoms with Crippen molar-refractivity contribution in [3.8, 4) is 17.2 Å². The van der Waals surface area contributed by atoms with Crippen LogP contribution in [0, 0.1) is 0 Å². The minimum atomic E-state index is -4.44. The molecule has 0 unspecified atom stereocenters. The van der Waals surface area contributed by atoms with E-state index in [2.05, 4.69) is 5.32 Å². The minimum Gasteiger partial charge on any atom is -0.493 e. The van der Waals surface area contributed by atoms with E-state index in [1.165, 1.54) is 39.5 Å². The summed E-state index contributed by atoms with van der Waals surface area (Å²) < 4.78 is 47.2. The molecule has 0 aliphatic heterocycles. The van der Waals surface area contributed by atoms with E-state index in [4.69, 9.17) is 30.4 Å². The first-order chi connectivity index (χ1) is 12.2. The highest BCUT2D eigenvalue weighted by Gasteiger charge is 2.19. The van der Waals surface area contributed by atoms with Crippen LogP contribution in [-0.2, 0) is 10.1 Å². The van der Waals surface area contributed by atoms with Crippen LogP contribution >= 0.6 is 11.6 Å². The van der Waals surface area contributed by atoms with Crippen LogP contribution in [0.4, 0.5) is 5.69 Å². The monoisotopic (exact) mass is 401 g/mol. The SMILES string of the molecule is COc1cc(C(=O)Nc2cc(S(=O)(=O)O)ccc2Cl)cc(OC)c1OC. The fourth-order valence-electron chi connectivity index (χ4n) is 2.17. The Kier molecular flexibility index (Phi) is 5.96. The molecule has 140 valence electrons. The maximum atomic E-state index is 12.5. The zero-order valence-electron chi connectivity index (χ0n) is 14.1. The second-order valence-electron chi connectivity index (χ2n) is 4.98. The molecule has 2 N–H and O–H groups in total. The summed E-state index contributed by atoms with van der Waals surface area (Å²) in [6, 6.07) is 6.27. The summed E-state index contributed by atoms with van der Waals surface area (Å²) in [5, 5.41) is 2.58. The van der Waals surface area contributed by atoms with Gasteiger partial charge >= 0.3 is 0 Å². The smallest absolute Gasteiger partial charge is 0.294 e. The molecule has 26 heavy (non-hydrogen) atoms. The first-order valence-electron chi connectivity index (χ1n) is 7.09. The Balaban J connectivity index is 2.42. The lowest BCUT2D eigenvalue weighted by Gasteiger charge is -2.14. The molecule has 0 aliphatic rings. The van der Waals surface area contributed by atoms with E-state index < -0.39 is 20.9 Å². The summed E-state index contributed by atoms with van der Waals surface area (Å²) >= 11 is 5.98. The van der Waals surface area contributed by atoms with Crippen LogP contribution in [0.3, 0.4) is 0 Å². The van der Waals surface area contributed by atoms with Gasteiger partial charge in [-0.2, -0.15) is 8.42 Å². The quantitative estimate of drug-likeness (QED) is 0.716. The molecule has 0 saturated heterocycles. The van der Waals surface area contributed by atoms with Crippen molar-refractivity contribution in [1.29, 1.82) is 0 Å². The second-order valence-corrected chi connectivity index (χ2v) is 6.81. The molecule has 0 heterocycles. The van der Waals surface area contributed by atoms with Gasteiger partial charge in [0.05, 0.1) is 36.9 Å². The van der Waals surface area contributed by atoms with E-state index in [1.807, 2.05) is 0 Å². The summed E-state index contributed by atoms with van der Waals surface area (Å²) in [7, 11) is -0.192. The van der Waals surface area contributed by atoms with Gasteiger partial charge in [-0.3, -0.25) is 9.35 Å². The largest absolute Gasteiger partial charge is 0.493 e. The number of rotatable bonds is 6. The Hall–Kier alpha value is -2.49. The number of carbonyl (C=O) groups excluding carboxylic acids is 1. The first-order valence-corrected chi connectivity index (χ1v) is 8.91. The van der Waals surface area contributed by atoms with Crippen molar-refractivity contribution in [2.45, 2.75) is 4.90 Å². The zero-order chi connectivity index (χ0) is 19.5. The van der Waals surface area contributed by atoms with Crippen LogP contribution < -0.4 is 19.5 Å². The number of nitrogens with one attached hydrogen (secondary N) is 1. The topological polar surface area (TPSA) is 111 Å². The van der Waals surface area contributed by atoms with Gasteiger partial charge in [-0.15, -0.1) is 0 Å². The van der Waals surface area contributed by atoms with Gasteiger partial charge in [0, 0.05) is 5.56 Å². The van der Waals surface area contributed by atoms with Gasteiger partial charge < -0.3 is 19.5 Å². The van der Waals surface area contributed by atoms with E-state index in [1.54, 1.807) is 0 Å². The van der Waals surface area contributed by atoms with Crippen LogP contribution in [0.2, 0.25) is 5.02 Å². The van der Waals surface area contributed by atoms with Gasteiger partial charge in [-0.1, -0.05) is 11.6 Å². The molecule has 0 saturated carbocycles. The van der Waals surface area contributed by atoms with Crippen LogP contribution in [0.5, 0.6) is 17.2 Å². The van der Waals surface area contributed by atoms with Crippen molar-refractivity contribution >= 4 is 33.3 Å². The number of hydrogen-bond donors (Lipinski definition) is 2. The predicted molar refractivity (Wildman–Crippen MR) is 95.3 cm³/mol. The summed E-state index contributed by atoms with van der Waals surface area (Å²) in [4.78, 5) is 12.1. The molecule has 2 aromatic carbocycles. The van der Waals surface area contributed by atoms with Crippen molar-refractivity contribution in [2.24, 2.45) is 0 Å². The summed E-state index contributed by atoms with van der Waals surface area (Å²) in [6.07, 6.45) is 0. The zero-order valence-corrected chi connectivity index (χ0v) is 15.6. The van der Waals surface area contributed by atoms with E-state index in [-0.39, 0.29) is 27.8 Å². The van der Waals surface area contributed by atoms with E-state index >= 15 is 0 Å². The lowest BCUT2D eigenvalue weighted by Crippen LogP contribution is -2.13. The van der Waals surface area contributed by atoms with Gasteiger partial charge in [0.2, 0.25) is 5.75 Å². The van der Waals surface area contributed by atoms with Crippen molar-refractivity contribution < 1.29 is 32.0 Å². The number of benzene rings is 2. The fraction of sp³-hybridized carbons (Fsp3) is 0.188. The molecular formula is C16H16ClNO7S. The number of amides is 1. The summed E-state index contributed by atoms with van der Waals surface area (Å²) in [5.41, 5.74) is 0.174. The van der Waals surface area contributed by atoms with Crippen LogP contribution in [0.1, 0.15) is 10.4 Å². The molecule has 0 fully saturated rings. The Morgan fingerprint density at radius 1 is 1.04 bits per heavy atom. The molecule has 0 bridgehead atoms. The van der Waals surface area contributed by atoms with Crippen molar-refractivity contribution in [3.05, 3.63) is 40.9 Å². The molecule has 10 heteroatoms. The van der Waals surface area contributed by atoms with E-state index in [9.17, 15) is 13.2 Å². The van der Waals surface area contributed by atoms with Crippen molar-refractivity contribution in [1.82, 2.24) is 0 Å². The highest BCUT2D eigenvalue weighted by molar-refractivity contribution is 7.85. The molecule has 0 radical (unpaired) electrons. The van der Waals surface area contributed by atoms with Gasteiger partial charge in [-0.05, 0) is 30.3 Å². The van der Waals surface area contributed by atoms with E-state index in [0.29, 0.717) is 5.75 Å². The summed E-state index contributed by atoms with van der Waals surface area (Å²) in [5.74, 6) is 0.265. The third-order valence-electron chi connectivity index (χ3n) is 3.41. The van der Waals surface area contributed by atoms with Crippen LogP contribution in [-0.4, -0.2) is 40.2 Å². The van der Waals surface area contributed by atoms with Gasteiger partial charge in [0.15, 0.2) is 11.5 Å². The van der Waals surface area contributed by atoms with Gasteiger partial charge in [0.1, 0.15) is 0 Å². The molecule has 2 aromatic rings. The predicted octanol–water partition coefficient (Wildman–Crippen LogP) is 2.86. The third kappa shape index (κ3) is 4.18. The molecule has 0 aromatic heterocycles. The van der Waals surface area contributed by atoms with Gasteiger partial charge in [-0.25, -0.2) is 0 Å². The lowest BCUT2D eigenvalue weighted by molar-refractivity contribution is 0.102. The highest BCUT2D eigenvalue weighted by atomic mass is 35.5. The second kappa shape index (κ2) is 7.81. The molecule has 1 amide bonds. The maximum absolute atomic E-state index is 12.5. The highest BCUT2D eigenvalue weighted by Crippen LogP contribution is 2.38. The molecule has 0 spiro atoms. The number of carbonyl (C=O) groups is 1. The minimum absolute atomic E-state index is 0.0144. The van der Waals surface area contributed by atoms with E-state index in [0.717, 1.165) is 12.1 Å². The lowest BCUT2D eigenvalue weighted by atomic mass is 10.1. The normalized spacial score (nSPS) is 11.0. The number of ether oxygens (including phenoxy) is 3. The molecule has 2 rings (SSSR count). The Morgan fingerprint density at radius 2 is 1.62 bits per heavy atom. The van der Waals surface area contributed by atoms with Gasteiger partial charge in [0.25, 0.3) is 16.0 Å². The maximum Gasteiger partial charge on any atom is 0.294 e. The Labute approximate surface area is 155 Å². The van der Waals surface area contributed by atoms with Crippen molar-refractivity contribution in [2.75, 3.05) is 26.6 Å². The summed E-state index contributed by atoms with van der Waals surface area (Å²) in [6.45, 7) is 0. The number of methoxy groups -OCH3 is 3. The standard InChI is InChI=1S/C16H16ClNO7S/c1-23-13-6-9(7-14(24-2)15(13)25-3)16(19)18-12-8-10(26(20,21)22)4-5-11(12)17/h4-8H,1-3H3,(H,18,19)(H,20,21,22).